The molecular formula is C8H13N3O3S. The molecule has 0 aromatic carbocycles. The van der Waals surface area contributed by atoms with Gasteiger partial charge >= 0.3 is 0 Å². The molecule has 0 radical (unpaired) electrons. The van der Waals surface area contributed by atoms with Crippen LogP contribution in [0.4, 0.5) is 5.82 Å². The van der Waals surface area contributed by atoms with Crippen molar-refractivity contribution in [1.29, 1.82) is 0 Å². The van der Waals surface area contributed by atoms with Crippen molar-refractivity contribution in [1.82, 2.24) is 9.97 Å². The summed E-state index contributed by atoms with van der Waals surface area (Å²) in [5, 5.41) is -0.311. The Morgan fingerprint density at radius 1 is 1.40 bits per heavy atom. The number of rotatable bonds is 3. The number of nitrogens with zero attached hydrogens (tertiary/aromatic N) is 2. The summed E-state index contributed by atoms with van der Waals surface area (Å²) in [6.45, 7) is 3.84. The molecule has 0 saturated carbocycles. The summed E-state index contributed by atoms with van der Waals surface area (Å²) in [4.78, 5) is 7.48. The number of nitrogens with two attached hydrogens (primary N) is 1. The van der Waals surface area contributed by atoms with Crippen molar-refractivity contribution in [2.75, 3.05) is 18.6 Å². The number of anilines is 1. The second-order valence-electron chi connectivity index (χ2n) is 3.03. The van der Waals surface area contributed by atoms with Crippen LogP contribution in [0.25, 0.3) is 0 Å². The summed E-state index contributed by atoms with van der Waals surface area (Å²) in [5.74, 6) is 0.333. The first-order chi connectivity index (χ1) is 6.86. The molecule has 1 heterocycles. The van der Waals surface area contributed by atoms with Crippen LogP contribution in [0.2, 0.25) is 0 Å². The number of hydrogen-bond acceptors (Lipinski definition) is 6. The van der Waals surface area contributed by atoms with E-state index >= 15 is 0 Å². The molecule has 1 rings (SSSR count). The average molecular weight is 231 g/mol. The summed E-state index contributed by atoms with van der Waals surface area (Å²) in [6, 6.07) is 0. The Bertz CT molecular complexity index is 470. The minimum absolute atomic E-state index is 0.119. The molecular weight excluding hydrogens is 218 g/mol. The molecule has 0 bridgehead atoms. The van der Waals surface area contributed by atoms with Gasteiger partial charge in [0, 0.05) is 6.26 Å². The van der Waals surface area contributed by atoms with E-state index in [9.17, 15) is 8.42 Å². The summed E-state index contributed by atoms with van der Waals surface area (Å²) in [6.07, 6.45) is 1.02. The lowest BCUT2D eigenvalue weighted by molar-refractivity contribution is 0.320. The maximum Gasteiger partial charge on any atom is 0.252 e. The maximum atomic E-state index is 11.2. The molecule has 1 aromatic heterocycles. The fourth-order valence-electron chi connectivity index (χ4n) is 0.935. The van der Waals surface area contributed by atoms with Gasteiger partial charge in [-0.1, -0.05) is 0 Å². The van der Waals surface area contributed by atoms with Gasteiger partial charge < -0.3 is 10.5 Å². The molecule has 6 nitrogen and oxygen atoms in total. The van der Waals surface area contributed by atoms with E-state index in [2.05, 4.69) is 9.97 Å². The van der Waals surface area contributed by atoms with Gasteiger partial charge in [-0.25, -0.2) is 13.4 Å². The predicted octanol–water partition coefficient (Wildman–Crippen LogP) is 0.169. The van der Waals surface area contributed by atoms with Crippen LogP contribution >= 0.6 is 0 Å². The van der Waals surface area contributed by atoms with Gasteiger partial charge in [0.25, 0.3) is 5.16 Å². The molecule has 84 valence electrons. The lowest BCUT2D eigenvalue weighted by Gasteiger charge is -2.08. The van der Waals surface area contributed by atoms with Gasteiger partial charge in [-0.15, -0.1) is 0 Å². The van der Waals surface area contributed by atoms with E-state index in [1.54, 1.807) is 13.8 Å². The van der Waals surface area contributed by atoms with Crippen LogP contribution in [-0.2, 0) is 9.84 Å². The fourth-order valence-corrected chi connectivity index (χ4v) is 1.45. The van der Waals surface area contributed by atoms with Gasteiger partial charge in [-0.2, -0.15) is 4.98 Å². The summed E-state index contributed by atoms with van der Waals surface area (Å²) < 4.78 is 27.6. The quantitative estimate of drug-likeness (QED) is 0.745. The van der Waals surface area contributed by atoms with Crippen LogP contribution in [-0.4, -0.2) is 31.2 Å². The minimum atomic E-state index is -3.47. The van der Waals surface area contributed by atoms with E-state index in [-0.39, 0.29) is 16.9 Å². The van der Waals surface area contributed by atoms with Crippen LogP contribution in [0.1, 0.15) is 12.5 Å². The molecule has 0 saturated heterocycles. The summed E-state index contributed by atoms with van der Waals surface area (Å²) >= 11 is 0. The molecule has 0 fully saturated rings. The van der Waals surface area contributed by atoms with Gasteiger partial charge in [0.1, 0.15) is 5.82 Å². The molecule has 15 heavy (non-hydrogen) atoms. The monoisotopic (exact) mass is 231 g/mol. The molecule has 0 amide bonds. The van der Waals surface area contributed by atoms with E-state index in [4.69, 9.17) is 10.5 Å². The smallest absolute Gasteiger partial charge is 0.252 e. The highest BCUT2D eigenvalue weighted by Gasteiger charge is 2.16. The lowest BCUT2D eigenvalue weighted by Crippen LogP contribution is -2.10. The van der Waals surface area contributed by atoms with E-state index in [0.717, 1.165) is 6.26 Å². The highest BCUT2D eigenvalue weighted by Crippen LogP contribution is 2.21. The third kappa shape index (κ3) is 2.56. The van der Waals surface area contributed by atoms with Crippen LogP contribution in [0.3, 0.4) is 0 Å². The first kappa shape index (κ1) is 11.7. The topological polar surface area (TPSA) is 95.2 Å². The van der Waals surface area contributed by atoms with Crippen molar-refractivity contribution in [2.45, 2.75) is 19.0 Å². The SMILES string of the molecule is CCOc1nc(S(C)(=O)=O)nc(N)c1C. The molecule has 0 spiro atoms. The molecule has 2 N–H and O–H groups in total. The van der Waals surface area contributed by atoms with Crippen molar-refractivity contribution < 1.29 is 13.2 Å². The Hall–Kier alpha value is -1.37. The molecule has 0 aliphatic heterocycles. The lowest BCUT2D eigenvalue weighted by atomic mass is 10.3. The van der Waals surface area contributed by atoms with Crippen LogP contribution in [0.15, 0.2) is 5.16 Å². The first-order valence-corrected chi connectivity index (χ1v) is 6.22. The largest absolute Gasteiger partial charge is 0.478 e. The maximum absolute atomic E-state index is 11.2. The average Bonchev–Trinajstić information content (AvgIpc) is 2.11. The number of aromatic nitrogens is 2. The summed E-state index contributed by atoms with van der Waals surface area (Å²) in [7, 11) is -3.47. The van der Waals surface area contributed by atoms with Crippen LogP contribution in [0.5, 0.6) is 5.88 Å². The molecule has 1 aromatic rings. The third-order valence-corrected chi connectivity index (χ3v) is 2.58. The Morgan fingerprint density at radius 3 is 2.47 bits per heavy atom. The standard InChI is InChI=1S/C8H13N3O3S/c1-4-14-7-5(2)6(9)10-8(11-7)15(3,12)13/h4H2,1-3H3,(H2,9,10,11). The summed E-state index contributed by atoms with van der Waals surface area (Å²) in [5.41, 5.74) is 6.10. The van der Waals surface area contributed by atoms with Crippen LogP contribution < -0.4 is 10.5 Å². The number of nitrogen functional groups attached to an aromatic ring is 1. The number of hydrogen-bond donors (Lipinski definition) is 1. The van der Waals surface area contributed by atoms with Gasteiger partial charge in [0.05, 0.1) is 12.2 Å². The van der Waals surface area contributed by atoms with E-state index < -0.39 is 9.84 Å². The van der Waals surface area contributed by atoms with Crippen LogP contribution in [0, 0.1) is 6.92 Å². The number of sulfone groups is 1. The Balaban J connectivity index is 3.36. The molecule has 0 aliphatic carbocycles. The van der Waals surface area contributed by atoms with Gasteiger partial charge in [0.2, 0.25) is 15.7 Å². The second kappa shape index (κ2) is 4.01. The van der Waals surface area contributed by atoms with Crippen molar-refractivity contribution >= 4 is 15.7 Å². The zero-order valence-electron chi connectivity index (χ0n) is 8.81. The predicted molar refractivity (Wildman–Crippen MR) is 55.5 cm³/mol. The Morgan fingerprint density at radius 2 is 2.00 bits per heavy atom. The minimum Gasteiger partial charge on any atom is -0.478 e. The number of ether oxygens (including phenoxy) is 1. The molecule has 0 unspecified atom stereocenters. The molecule has 0 atom stereocenters. The molecule has 0 aliphatic rings. The fraction of sp³-hybridized carbons (Fsp3) is 0.500. The Labute approximate surface area is 88.4 Å². The van der Waals surface area contributed by atoms with Gasteiger partial charge in [-0.05, 0) is 13.8 Å². The Kier molecular flexibility index (Phi) is 3.13. The van der Waals surface area contributed by atoms with Gasteiger partial charge in [0.15, 0.2) is 0 Å². The third-order valence-electron chi connectivity index (χ3n) is 1.73. The van der Waals surface area contributed by atoms with Crippen molar-refractivity contribution in [3.63, 3.8) is 0 Å². The highest BCUT2D eigenvalue weighted by molar-refractivity contribution is 7.90. The highest BCUT2D eigenvalue weighted by atomic mass is 32.2. The van der Waals surface area contributed by atoms with E-state index in [0.29, 0.717) is 12.2 Å². The van der Waals surface area contributed by atoms with Crippen molar-refractivity contribution in [2.24, 2.45) is 0 Å². The molecule has 7 heteroatoms. The van der Waals surface area contributed by atoms with Crippen molar-refractivity contribution in [3.05, 3.63) is 5.56 Å². The first-order valence-electron chi connectivity index (χ1n) is 4.33. The van der Waals surface area contributed by atoms with Crippen molar-refractivity contribution in [3.8, 4) is 5.88 Å². The van der Waals surface area contributed by atoms with E-state index in [1.807, 2.05) is 0 Å². The zero-order valence-corrected chi connectivity index (χ0v) is 9.63. The zero-order chi connectivity index (χ0) is 11.6. The van der Waals surface area contributed by atoms with E-state index in [1.165, 1.54) is 0 Å². The normalized spacial score (nSPS) is 11.4. The second-order valence-corrected chi connectivity index (χ2v) is 4.94. The van der Waals surface area contributed by atoms with Gasteiger partial charge in [-0.3, -0.25) is 0 Å².